The number of halogens is 2. The molecule has 0 aliphatic carbocycles. The zero-order chi connectivity index (χ0) is 14.9. The molecule has 2 rings (SSSR count). The molecule has 2 aromatic rings. The summed E-state index contributed by atoms with van der Waals surface area (Å²) in [4.78, 5) is 26.5. The number of benzene rings is 1. The average molecular weight is 294 g/mol. The molecular weight excluding hydrogens is 285 g/mol. The van der Waals surface area contributed by atoms with Crippen LogP contribution in [-0.4, -0.2) is 9.55 Å². The Morgan fingerprint density at radius 2 is 2.15 bits per heavy atom. The van der Waals surface area contributed by atoms with Gasteiger partial charge in [-0.05, 0) is 24.6 Å². The maximum Gasteiger partial charge on any atom is 0.334 e. The molecule has 1 N–H and O–H groups in total. The zero-order valence-electron chi connectivity index (χ0n) is 10.4. The van der Waals surface area contributed by atoms with Gasteiger partial charge in [0.25, 0.3) is 5.56 Å². The molecular formula is C13H9ClFN3O2. The van der Waals surface area contributed by atoms with Crippen molar-refractivity contribution in [3.63, 3.8) is 0 Å². The molecule has 1 aromatic carbocycles. The standard InChI is InChI=1S/C13H9ClFN3O2/c1-2-9-11(14)17-13(20)18(12(9)19)10-4-3-8(15)5-7(10)6-16/h3-5H,2H2,1H3,(H,17,20). The number of H-pyrrole nitrogens is 1. The van der Waals surface area contributed by atoms with Crippen molar-refractivity contribution in [1.29, 1.82) is 5.26 Å². The van der Waals surface area contributed by atoms with Crippen LogP contribution in [0, 0.1) is 17.1 Å². The second-order valence-corrected chi connectivity index (χ2v) is 4.37. The Labute approximate surface area is 117 Å². The molecule has 0 unspecified atom stereocenters. The monoisotopic (exact) mass is 293 g/mol. The molecule has 1 aromatic heterocycles. The fourth-order valence-electron chi connectivity index (χ4n) is 1.86. The number of hydrogen-bond donors (Lipinski definition) is 1. The van der Waals surface area contributed by atoms with Gasteiger partial charge in [-0.25, -0.2) is 13.8 Å². The van der Waals surface area contributed by atoms with E-state index in [0.29, 0.717) is 6.42 Å². The van der Waals surface area contributed by atoms with Gasteiger partial charge in [-0.2, -0.15) is 5.26 Å². The summed E-state index contributed by atoms with van der Waals surface area (Å²) in [6.07, 6.45) is 0.317. The number of aromatic nitrogens is 2. The van der Waals surface area contributed by atoms with E-state index in [4.69, 9.17) is 16.9 Å². The van der Waals surface area contributed by atoms with Gasteiger partial charge in [-0.1, -0.05) is 18.5 Å². The van der Waals surface area contributed by atoms with Gasteiger partial charge in [0.05, 0.1) is 16.8 Å². The van der Waals surface area contributed by atoms with E-state index in [2.05, 4.69) is 4.98 Å². The topological polar surface area (TPSA) is 78.7 Å². The lowest BCUT2D eigenvalue weighted by atomic mass is 10.2. The Balaban J connectivity index is 2.88. The van der Waals surface area contributed by atoms with Crippen molar-refractivity contribution >= 4 is 11.6 Å². The minimum atomic E-state index is -0.777. The van der Waals surface area contributed by atoms with Crippen molar-refractivity contribution in [3.05, 3.63) is 61.1 Å². The van der Waals surface area contributed by atoms with Gasteiger partial charge in [-0.3, -0.25) is 9.78 Å². The lowest BCUT2D eigenvalue weighted by molar-refractivity contribution is 0.626. The molecule has 0 atom stereocenters. The third-order valence-electron chi connectivity index (χ3n) is 2.82. The largest absolute Gasteiger partial charge is 0.334 e. The second kappa shape index (κ2) is 5.31. The van der Waals surface area contributed by atoms with E-state index in [-0.39, 0.29) is 22.0 Å². The van der Waals surface area contributed by atoms with E-state index < -0.39 is 17.1 Å². The first-order chi connectivity index (χ1) is 9.49. The normalized spacial score (nSPS) is 10.3. The number of rotatable bonds is 2. The van der Waals surface area contributed by atoms with Gasteiger partial charge in [0, 0.05) is 0 Å². The first-order valence-corrected chi connectivity index (χ1v) is 6.11. The van der Waals surface area contributed by atoms with Crippen molar-refractivity contribution in [2.45, 2.75) is 13.3 Å². The van der Waals surface area contributed by atoms with Gasteiger partial charge in [-0.15, -0.1) is 0 Å². The van der Waals surface area contributed by atoms with Crippen LogP contribution in [0.1, 0.15) is 18.1 Å². The van der Waals surface area contributed by atoms with E-state index in [1.165, 1.54) is 6.07 Å². The molecule has 0 saturated carbocycles. The average Bonchev–Trinajstić information content (AvgIpc) is 2.40. The minimum absolute atomic E-state index is 0.0199. The summed E-state index contributed by atoms with van der Waals surface area (Å²) in [6, 6.07) is 4.99. The highest BCUT2D eigenvalue weighted by molar-refractivity contribution is 6.30. The van der Waals surface area contributed by atoms with Crippen molar-refractivity contribution in [2.24, 2.45) is 0 Å². The van der Waals surface area contributed by atoms with Crippen molar-refractivity contribution < 1.29 is 4.39 Å². The third-order valence-corrected chi connectivity index (χ3v) is 3.14. The summed E-state index contributed by atoms with van der Waals surface area (Å²) in [5, 5.41) is 8.97. The van der Waals surface area contributed by atoms with Gasteiger partial charge >= 0.3 is 5.69 Å². The summed E-state index contributed by atoms with van der Waals surface area (Å²) in [6.45, 7) is 1.71. The van der Waals surface area contributed by atoms with E-state index >= 15 is 0 Å². The summed E-state index contributed by atoms with van der Waals surface area (Å²) in [5.74, 6) is -0.626. The van der Waals surface area contributed by atoms with Crippen molar-refractivity contribution in [1.82, 2.24) is 9.55 Å². The molecule has 0 aliphatic heterocycles. The van der Waals surface area contributed by atoms with Crippen molar-refractivity contribution in [2.75, 3.05) is 0 Å². The quantitative estimate of drug-likeness (QED) is 0.857. The molecule has 0 spiro atoms. The van der Waals surface area contributed by atoms with E-state index in [1.807, 2.05) is 0 Å². The Kier molecular flexibility index (Phi) is 3.72. The molecule has 0 saturated heterocycles. The molecule has 0 aliphatic rings. The highest BCUT2D eigenvalue weighted by Gasteiger charge is 2.15. The predicted molar refractivity (Wildman–Crippen MR) is 71.7 cm³/mol. The van der Waals surface area contributed by atoms with Crippen LogP contribution in [0.15, 0.2) is 27.8 Å². The Hall–Kier alpha value is -2.39. The van der Waals surface area contributed by atoms with Gasteiger partial charge in [0.15, 0.2) is 0 Å². The maximum absolute atomic E-state index is 13.1. The van der Waals surface area contributed by atoms with Crippen LogP contribution in [0.4, 0.5) is 4.39 Å². The predicted octanol–water partition coefficient (Wildman–Crippen LogP) is 1.75. The van der Waals surface area contributed by atoms with E-state index in [1.54, 1.807) is 13.0 Å². The first-order valence-electron chi connectivity index (χ1n) is 5.73. The van der Waals surface area contributed by atoms with E-state index in [9.17, 15) is 14.0 Å². The minimum Gasteiger partial charge on any atom is -0.297 e. The molecule has 5 nitrogen and oxygen atoms in total. The smallest absolute Gasteiger partial charge is 0.297 e. The Morgan fingerprint density at radius 3 is 2.75 bits per heavy atom. The van der Waals surface area contributed by atoms with Crippen LogP contribution < -0.4 is 11.2 Å². The summed E-state index contributed by atoms with van der Waals surface area (Å²) < 4.78 is 13.9. The number of aromatic amines is 1. The highest BCUT2D eigenvalue weighted by Crippen LogP contribution is 2.14. The zero-order valence-corrected chi connectivity index (χ0v) is 11.2. The number of hydrogen-bond acceptors (Lipinski definition) is 3. The lowest BCUT2D eigenvalue weighted by Crippen LogP contribution is -2.36. The number of nitrogens with one attached hydrogen (secondary N) is 1. The second-order valence-electron chi connectivity index (χ2n) is 3.99. The fourth-order valence-corrected chi connectivity index (χ4v) is 2.16. The van der Waals surface area contributed by atoms with E-state index in [0.717, 1.165) is 16.7 Å². The van der Waals surface area contributed by atoms with Crippen LogP contribution in [0.5, 0.6) is 0 Å². The van der Waals surface area contributed by atoms with Gasteiger partial charge < -0.3 is 0 Å². The van der Waals surface area contributed by atoms with Crippen LogP contribution in [-0.2, 0) is 6.42 Å². The first kappa shape index (κ1) is 14.0. The number of nitriles is 1. The molecule has 0 radical (unpaired) electrons. The summed E-state index contributed by atoms with van der Waals surface area (Å²) >= 11 is 5.80. The van der Waals surface area contributed by atoms with Crippen LogP contribution >= 0.6 is 11.6 Å². The summed E-state index contributed by atoms with van der Waals surface area (Å²) in [7, 11) is 0. The molecule has 0 fully saturated rings. The molecule has 1 heterocycles. The molecule has 0 amide bonds. The molecule has 102 valence electrons. The van der Waals surface area contributed by atoms with Gasteiger partial charge in [0.1, 0.15) is 17.0 Å². The Morgan fingerprint density at radius 1 is 1.45 bits per heavy atom. The highest BCUT2D eigenvalue weighted by atomic mass is 35.5. The molecule has 20 heavy (non-hydrogen) atoms. The molecule has 0 bridgehead atoms. The van der Waals surface area contributed by atoms with Gasteiger partial charge in [0.2, 0.25) is 0 Å². The number of nitrogens with zero attached hydrogens (tertiary/aromatic N) is 2. The van der Waals surface area contributed by atoms with Crippen LogP contribution in [0.25, 0.3) is 5.69 Å². The Bertz CT molecular complexity index is 833. The fraction of sp³-hybridized carbons (Fsp3) is 0.154. The molecule has 7 heteroatoms. The van der Waals surface area contributed by atoms with Crippen LogP contribution in [0.3, 0.4) is 0 Å². The maximum atomic E-state index is 13.1. The van der Waals surface area contributed by atoms with Crippen LogP contribution in [0.2, 0.25) is 5.15 Å². The summed E-state index contributed by atoms with van der Waals surface area (Å²) in [5.41, 5.74) is -1.27. The van der Waals surface area contributed by atoms with Crippen molar-refractivity contribution in [3.8, 4) is 11.8 Å². The SMILES string of the molecule is CCc1c(Cl)[nH]c(=O)n(-c2ccc(F)cc2C#N)c1=O. The lowest BCUT2D eigenvalue weighted by Gasteiger charge is -2.09. The third kappa shape index (κ3) is 2.24.